The van der Waals surface area contributed by atoms with E-state index in [0.717, 1.165) is 0 Å². The lowest BCUT2D eigenvalue weighted by Gasteiger charge is -2.21. The maximum absolute atomic E-state index is 13.4. The molecule has 0 saturated carbocycles. The van der Waals surface area contributed by atoms with Gasteiger partial charge in [-0.1, -0.05) is 11.6 Å². The Kier molecular flexibility index (Phi) is 2.34. The highest BCUT2D eigenvalue weighted by atomic mass is 79.9. The van der Waals surface area contributed by atoms with E-state index in [9.17, 15) is 4.39 Å². The zero-order valence-corrected chi connectivity index (χ0v) is 8.88. The van der Waals surface area contributed by atoms with Crippen molar-refractivity contribution in [1.29, 1.82) is 0 Å². The molecule has 2 nitrogen and oxygen atoms in total. The van der Waals surface area contributed by atoms with Crippen LogP contribution in [0.5, 0.6) is 5.75 Å². The van der Waals surface area contributed by atoms with Gasteiger partial charge in [-0.25, -0.2) is 4.39 Å². The van der Waals surface area contributed by atoms with Crippen molar-refractivity contribution in [1.82, 2.24) is 0 Å². The van der Waals surface area contributed by atoms with Crippen molar-refractivity contribution in [2.45, 2.75) is 0 Å². The first-order valence-corrected chi connectivity index (χ1v) is 4.91. The second-order valence-corrected chi connectivity index (χ2v) is 3.90. The van der Waals surface area contributed by atoms with E-state index in [-0.39, 0.29) is 5.02 Å². The van der Waals surface area contributed by atoms with Crippen molar-refractivity contribution in [2.24, 2.45) is 0 Å². The Hall–Kier alpha value is -0.480. The summed E-state index contributed by atoms with van der Waals surface area (Å²) in [6, 6.07) is 1.49. The van der Waals surface area contributed by atoms with Gasteiger partial charge in [0.05, 0.1) is 9.50 Å². The summed E-state index contributed by atoms with van der Waals surface area (Å²) >= 11 is 8.90. The molecule has 0 unspecified atom stereocenters. The van der Waals surface area contributed by atoms with Gasteiger partial charge in [-0.2, -0.15) is 0 Å². The molecule has 0 aromatic heterocycles. The molecule has 0 amide bonds. The lowest BCUT2D eigenvalue weighted by Crippen LogP contribution is -2.19. The molecule has 1 aromatic rings. The summed E-state index contributed by atoms with van der Waals surface area (Å²) in [5, 5.41) is 2.98. The average Bonchev–Trinajstić information content (AvgIpc) is 2.15. The van der Waals surface area contributed by atoms with E-state index in [1.54, 1.807) is 0 Å². The van der Waals surface area contributed by atoms with E-state index in [4.69, 9.17) is 16.3 Å². The molecule has 70 valence electrons. The summed E-state index contributed by atoms with van der Waals surface area (Å²) < 4.78 is 19.3. The standard InChI is InChI=1S/C8H6BrClFNO/c9-4-3-5(10)6(11)7-8(4)13-2-1-12-7/h3,12H,1-2H2. The second kappa shape index (κ2) is 3.35. The van der Waals surface area contributed by atoms with Crippen molar-refractivity contribution < 1.29 is 9.13 Å². The average molecular weight is 266 g/mol. The lowest BCUT2D eigenvalue weighted by molar-refractivity contribution is 0.318. The molecule has 2 rings (SSSR count). The van der Waals surface area contributed by atoms with Crippen LogP contribution in [0.15, 0.2) is 10.5 Å². The summed E-state index contributed by atoms with van der Waals surface area (Å²) in [5.41, 5.74) is 0.339. The van der Waals surface area contributed by atoms with Crippen LogP contribution in [0.2, 0.25) is 5.02 Å². The molecule has 0 bridgehead atoms. The fourth-order valence-electron chi connectivity index (χ4n) is 1.21. The third-order valence-corrected chi connectivity index (χ3v) is 2.64. The van der Waals surface area contributed by atoms with E-state index in [0.29, 0.717) is 29.1 Å². The highest BCUT2D eigenvalue weighted by Crippen LogP contribution is 2.40. The molecule has 0 atom stereocenters. The molecule has 13 heavy (non-hydrogen) atoms. The van der Waals surface area contributed by atoms with E-state index in [1.165, 1.54) is 6.07 Å². The Balaban J connectivity index is 2.63. The smallest absolute Gasteiger partial charge is 0.168 e. The van der Waals surface area contributed by atoms with E-state index in [2.05, 4.69) is 21.2 Å². The van der Waals surface area contributed by atoms with Crippen LogP contribution >= 0.6 is 27.5 Å². The molecule has 0 spiro atoms. The summed E-state index contributed by atoms with van der Waals surface area (Å²) in [6.07, 6.45) is 0. The van der Waals surface area contributed by atoms with Crippen LogP contribution < -0.4 is 10.1 Å². The number of ether oxygens (including phenoxy) is 1. The minimum Gasteiger partial charge on any atom is -0.488 e. The van der Waals surface area contributed by atoms with Crippen LogP contribution in [0.25, 0.3) is 0 Å². The zero-order valence-electron chi connectivity index (χ0n) is 6.53. The Morgan fingerprint density at radius 1 is 1.62 bits per heavy atom. The van der Waals surface area contributed by atoms with Gasteiger partial charge < -0.3 is 10.1 Å². The predicted octanol–water partition coefficient (Wildman–Crippen LogP) is 3.05. The molecule has 0 radical (unpaired) electrons. The largest absolute Gasteiger partial charge is 0.488 e. The minimum atomic E-state index is -0.459. The number of benzene rings is 1. The quantitative estimate of drug-likeness (QED) is 0.729. The lowest BCUT2D eigenvalue weighted by atomic mass is 10.2. The fraction of sp³-hybridized carbons (Fsp3) is 0.250. The molecular weight excluding hydrogens is 260 g/mol. The minimum absolute atomic E-state index is 0.0867. The Labute approximate surface area is 88.2 Å². The van der Waals surface area contributed by atoms with Crippen molar-refractivity contribution in [2.75, 3.05) is 18.5 Å². The van der Waals surface area contributed by atoms with Gasteiger partial charge >= 0.3 is 0 Å². The van der Waals surface area contributed by atoms with Gasteiger partial charge in [0.2, 0.25) is 0 Å². The highest BCUT2D eigenvalue weighted by Gasteiger charge is 2.20. The number of hydrogen-bond donors (Lipinski definition) is 1. The van der Waals surface area contributed by atoms with Gasteiger partial charge in [-0.3, -0.25) is 0 Å². The van der Waals surface area contributed by atoms with Crippen LogP contribution in [0, 0.1) is 5.82 Å². The Morgan fingerprint density at radius 2 is 2.38 bits per heavy atom. The number of halogens is 3. The number of hydrogen-bond acceptors (Lipinski definition) is 2. The summed E-state index contributed by atoms with van der Waals surface area (Å²) in [7, 11) is 0. The molecule has 1 heterocycles. The number of rotatable bonds is 0. The van der Waals surface area contributed by atoms with E-state index >= 15 is 0 Å². The molecule has 1 aliphatic rings. The van der Waals surface area contributed by atoms with Crippen LogP contribution in [0.1, 0.15) is 0 Å². The Morgan fingerprint density at radius 3 is 3.15 bits per heavy atom. The first kappa shape index (κ1) is 9.09. The van der Waals surface area contributed by atoms with Crippen LogP contribution in [-0.2, 0) is 0 Å². The van der Waals surface area contributed by atoms with Gasteiger partial charge in [0.25, 0.3) is 0 Å². The van der Waals surface area contributed by atoms with Crippen LogP contribution in [-0.4, -0.2) is 13.2 Å². The fourth-order valence-corrected chi connectivity index (χ4v) is 2.08. The van der Waals surface area contributed by atoms with Gasteiger partial charge in [-0.15, -0.1) is 0 Å². The topological polar surface area (TPSA) is 21.3 Å². The third kappa shape index (κ3) is 1.48. The highest BCUT2D eigenvalue weighted by molar-refractivity contribution is 9.10. The normalized spacial score (nSPS) is 14.4. The van der Waals surface area contributed by atoms with Crippen LogP contribution in [0.3, 0.4) is 0 Å². The second-order valence-electron chi connectivity index (χ2n) is 2.63. The molecule has 0 saturated heterocycles. The number of nitrogens with one attached hydrogen (secondary N) is 1. The molecule has 5 heteroatoms. The van der Waals surface area contributed by atoms with E-state index < -0.39 is 5.82 Å². The van der Waals surface area contributed by atoms with Crippen molar-refractivity contribution in [3.63, 3.8) is 0 Å². The molecular formula is C8H6BrClFNO. The third-order valence-electron chi connectivity index (χ3n) is 1.78. The first-order chi connectivity index (χ1) is 6.20. The van der Waals surface area contributed by atoms with Gasteiger partial charge in [0, 0.05) is 6.54 Å². The molecule has 1 aliphatic heterocycles. The monoisotopic (exact) mass is 265 g/mol. The first-order valence-electron chi connectivity index (χ1n) is 3.74. The molecule has 0 fully saturated rings. The maximum Gasteiger partial charge on any atom is 0.168 e. The van der Waals surface area contributed by atoms with Crippen LogP contribution in [0.4, 0.5) is 10.1 Å². The molecule has 1 aromatic carbocycles. The SMILES string of the molecule is Fc1c(Cl)cc(Br)c2c1NCCO2. The number of fused-ring (bicyclic) bond motifs is 1. The Bertz CT molecular complexity index is 358. The number of anilines is 1. The maximum atomic E-state index is 13.4. The molecule has 1 N–H and O–H groups in total. The van der Waals surface area contributed by atoms with Gasteiger partial charge in [-0.05, 0) is 22.0 Å². The van der Waals surface area contributed by atoms with Crippen molar-refractivity contribution >= 4 is 33.2 Å². The summed E-state index contributed by atoms with van der Waals surface area (Å²) in [5.74, 6) is 0.0349. The van der Waals surface area contributed by atoms with E-state index in [1.807, 2.05) is 0 Å². The zero-order chi connectivity index (χ0) is 9.42. The molecule has 0 aliphatic carbocycles. The van der Waals surface area contributed by atoms with Gasteiger partial charge in [0.15, 0.2) is 11.6 Å². The summed E-state index contributed by atoms with van der Waals surface area (Å²) in [4.78, 5) is 0. The van der Waals surface area contributed by atoms with Crippen molar-refractivity contribution in [3.05, 3.63) is 21.4 Å². The van der Waals surface area contributed by atoms with Crippen molar-refractivity contribution in [3.8, 4) is 5.75 Å². The predicted molar refractivity (Wildman–Crippen MR) is 53.1 cm³/mol. The van der Waals surface area contributed by atoms with Gasteiger partial charge in [0.1, 0.15) is 12.3 Å². The summed E-state index contributed by atoms with van der Waals surface area (Å²) in [6.45, 7) is 1.13.